The van der Waals surface area contributed by atoms with Crippen LogP contribution in [0.1, 0.15) is 6.42 Å². The molecule has 0 aromatic carbocycles. The van der Waals surface area contributed by atoms with E-state index in [0.29, 0.717) is 0 Å². The summed E-state index contributed by atoms with van der Waals surface area (Å²) in [5.41, 5.74) is 0. The van der Waals surface area contributed by atoms with Gasteiger partial charge in [0.2, 0.25) is 0 Å². The van der Waals surface area contributed by atoms with Crippen LogP contribution >= 0.6 is 0 Å². The third-order valence-corrected chi connectivity index (χ3v) is 0.585. The van der Waals surface area contributed by atoms with E-state index in [4.69, 9.17) is 0 Å². The van der Waals surface area contributed by atoms with Crippen molar-refractivity contribution < 1.29 is 13.2 Å². The molecule has 0 unspecified atom stereocenters. The van der Waals surface area contributed by atoms with E-state index in [1.165, 1.54) is 0 Å². The van der Waals surface area contributed by atoms with Crippen molar-refractivity contribution in [3.63, 3.8) is 0 Å². The lowest BCUT2D eigenvalue weighted by molar-refractivity contribution is -0.133. The molecule has 0 aromatic heterocycles. The Kier molecular flexibility index (Phi) is 2.82. The molecule has 0 fully saturated rings. The highest BCUT2D eigenvalue weighted by atomic mass is 19.4. The molecule has 0 amide bonds. The zero-order valence-corrected chi connectivity index (χ0v) is 4.26. The summed E-state index contributed by atoms with van der Waals surface area (Å²) >= 11 is 0. The van der Waals surface area contributed by atoms with Crippen molar-refractivity contribution in [1.82, 2.24) is 5.32 Å². The zero-order chi connectivity index (χ0) is 6.62. The van der Waals surface area contributed by atoms with Gasteiger partial charge in [-0.1, -0.05) is 0 Å². The minimum absolute atomic E-state index is 0.108. The maximum Gasteiger partial charge on any atom is 0.390 e. The van der Waals surface area contributed by atoms with E-state index in [2.05, 4.69) is 12.4 Å². The lowest BCUT2D eigenvalue weighted by Crippen LogP contribution is -2.16. The second kappa shape index (κ2) is 2.91. The molecular weight excluding hydrogens is 119 g/mol. The van der Waals surface area contributed by atoms with Gasteiger partial charge in [-0.3, -0.25) is 0 Å². The maximum absolute atomic E-state index is 11.2. The van der Waals surface area contributed by atoms with Crippen molar-refractivity contribution in [2.45, 2.75) is 12.6 Å². The van der Waals surface area contributed by atoms with Crippen molar-refractivity contribution in [3.05, 3.63) is 7.05 Å². The van der Waals surface area contributed by atoms with Crippen molar-refractivity contribution in [2.24, 2.45) is 0 Å². The van der Waals surface area contributed by atoms with E-state index in [9.17, 15) is 13.2 Å². The summed E-state index contributed by atoms with van der Waals surface area (Å²) < 4.78 is 33.5. The van der Waals surface area contributed by atoms with Crippen molar-refractivity contribution in [3.8, 4) is 0 Å². The first kappa shape index (κ1) is 7.75. The molecular formula is C4H7F3N. The molecule has 1 radical (unpaired) electrons. The van der Waals surface area contributed by atoms with Crippen LogP contribution in [0.3, 0.4) is 0 Å². The smallest absolute Gasteiger partial charge is 0.315 e. The molecule has 0 aromatic rings. The highest BCUT2D eigenvalue weighted by Gasteiger charge is 2.25. The van der Waals surface area contributed by atoms with Gasteiger partial charge in [-0.05, 0) is 0 Å². The molecule has 0 bridgehead atoms. The first-order valence-corrected chi connectivity index (χ1v) is 2.13. The molecule has 0 spiro atoms. The van der Waals surface area contributed by atoms with Gasteiger partial charge in [-0.2, -0.15) is 13.2 Å². The largest absolute Gasteiger partial charge is 0.390 e. The third-order valence-electron chi connectivity index (χ3n) is 0.585. The topological polar surface area (TPSA) is 12.0 Å². The average molecular weight is 126 g/mol. The van der Waals surface area contributed by atoms with Gasteiger partial charge >= 0.3 is 6.18 Å². The van der Waals surface area contributed by atoms with Crippen LogP contribution in [0.4, 0.5) is 13.2 Å². The molecule has 0 aliphatic heterocycles. The minimum Gasteiger partial charge on any atom is -0.315 e. The molecule has 0 rings (SSSR count). The number of alkyl halides is 3. The first-order valence-electron chi connectivity index (χ1n) is 2.13. The van der Waals surface area contributed by atoms with Gasteiger partial charge in [-0.15, -0.1) is 0 Å². The fraction of sp³-hybridized carbons (Fsp3) is 0.750. The molecule has 8 heavy (non-hydrogen) atoms. The Hall–Kier alpha value is -0.250. The molecule has 0 aliphatic rings. The van der Waals surface area contributed by atoms with Crippen LogP contribution in [0.25, 0.3) is 0 Å². The molecule has 1 nitrogen and oxygen atoms in total. The first-order chi connectivity index (χ1) is 3.56. The van der Waals surface area contributed by atoms with E-state index in [1.807, 2.05) is 0 Å². The normalized spacial score (nSPS) is 12.0. The fourth-order valence-electron chi connectivity index (χ4n) is 0.230. The standard InChI is InChI=1S/C4H7F3N/c1-8-3-2-4(5,6)7/h8H,1-3H2. The summed E-state index contributed by atoms with van der Waals surface area (Å²) in [6.07, 6.45) is -4.86. The Bertz CT molecular complexity index is 58.8. The minimum atomic E-state index is -4.05. The van der Waals surface area contributed by atoms with Crippen molar-refractivity contribution >= 4 is 0 Å². The van der Waals surface area contributed by atoms with Gasteiger partial charge in [0.15, 0.2) is 0 Å². The van der Waals surface area contributed by atoms with Gasteiger partial charge in [0.05, 0.1) is 6.42 Å². The molecule has 0 heterocycles. The average Bonchev–Trinajstić information content (AvgIpc) is 1.59. The molecule has 0 saturated carbocycles. The Morgan fingerprint density at radius 3 is 2.00 bits per heavy atom. The Balaban J connectivity index is 3.11. The summed E-state index contributed by atoms with van der Waals surface area (Å²) in [6.45, 7) is -0.108. The van der Waals surface area contributed by atoms with Crippen LogP contribution in [-0.4, -0.2) is 12.7 Å². The predicted molar refractivity (Wildman–Crippen MR) is 24.0 cm³/mol. The van der Waals surface area contributed by atoms with Gasteiger partial charge in [-0.25, -0.2) is 0 Å². The number of nitrogens with one attached hydrogen (secondary N) is 1. The molecule has 1 N–H and O–H groups in total. The molecule has 4 heteroatoms. The maximum atomic E-state index is 11.2. The van der Waals surface area contributed by atoms with E-state index in [0.717, 1.165) is 0 Å². The highest BCUT2D eigenvalue weighted by Crippen LogP contribution is 2.17. The zero-order valence-electron chi connectivity index (χ0n) is 4.26. The van der Waals surface area contributed by atoms with Crippen molar-refractivity contribution in [1.29, 1.82) is 0 Å². The van der Waals surface area contributed by atoms with Crippen LogP contribution in [0.15, 0.2) is 0 Å². The summed E-state index contributed by atoms with van der Waals surface area (Å²) in [4.78, 5) is 0. The van der Waals surface area contributed by atoms with Crippen LogP contribution < -0.4 is 5.32 Å². The van der Waals surface area contributed by atoms with Crippen LogP contribution in [-0.2, 0) is 0 Å². The third kappa shape index (κ3) is 5.75. The predicted octanol–water partition coefficient (Wildman–Crippen LogP) is 1.32. The number of rotatable bonds is 2. The lowest BCUT2D eigenvalue weighted by atomic mass is 10.4. The SMILES string of the molecule is [CH2]NCCC(F)(F)F. The monoisotopic (exact) mass is 126 g/mol. The number of halogens is 3. The highest BCUT2D eigenvalue weighted by molar-refractivity contribution is 4.52. The molecule has 49 valence electrons. The lowest BCUT2D eigenvalue weighted by Gasteiger charge is -2.02. The fourth-order valence-corrected chi connectivity index (χ4v) is 0.230. The summed E-state index contributed by atoms with van der Waals surface area (Å²) in [5.74, 6) is 0. The second-order valence-electron chi connectivity index (χ2n) is 1.37. The van der Waals surface area contributed by atoms with Crippen LogP contribution in [0, 0.1) is 7.05 Å². The van der Waals surface area contributed by atoms with Gasteiger partial charge in [0, 0.05) is 13.6 Å². The Morgan fingerprint density at radius 1 is 1.38 bits per heavy atom. The molecule has 0 aliphatic carbocycles. The molecule has 0 atom stereocenters. The molecule has 0 saturated heterocycles. The van der Waals surface area contributed by atoms with E-state index >= 15 is 0 Å². The summed E-state index contributed by atoms with van der Waals surface area (Å²) in [5, 5.41) is 2.15. The van der Waals surface area contributed by atoms with Crippen molar-refractivity contribution in [2.75, 3.05) is 6.54 Å². The Morgan fingerprint density at radius 2 is 1.88 bits per heavy atom. The van der Waals surface area contributed by atoms with E-state index < -0.39 is 12.6 Å². The number of hydrogen-bond acceptors (Lipinski definition) is 1. The summed E-state index contributed by atoms with van der Waals surface area (Å²) in [6, 6.07) is 0. The second-order valence-corrected chi connectivity index (χ2v) is 1.37. The van der Waals surface area contributed by atoms with Gasteiger partial charge < -0.3 is 5.32 Å². The van der Waals surface area contributed by atoms with E-state index in [-0.39, 0.29) is 6.54 Å². The van der Waals surface area contributed by atoms with Gasteiger partial charge in [0.25, 0.3) is 0 Å². The van der Waals surface area contributed by atoms with E-state index in [1.54, 1.807) is 0 Å². The quantitative estimate of drug-likeness (QED) is 0.588. The van der Waals surface area contributed by atoms with Crippen LogP contribution in [0.5, 0.6) is 0 Å². The van der Waals surface area contributed by atoms with Gasteiger partial charge in [0.1, 0.15) is 0 Å². The number of hydrogen-bond donors (Lipinski definition) is 1. The van der Waals surface area contributed by atoms with Crippen LogP contribution in [0.2, 0.25) is 0 Å². The summed E-state index contributed by atoms with van der Waals surface area (Å²) in [7, 11) is 3.04. The Labute approximate surface area is 45.9 Å².